The van der Waals surface area contributed by atoms with Crippen molar-refractivity contribution in [3.05, 3.63) is 48.1 Å². The average Bonchev–Trinajstić information content (AvgIpc) is 2.20. The summed E-state index contributed by atoms with van der Waals surface area (Å²) in [5.74, 6) is 0. The van der Waals surface area contributed by atoms with Crippen molar-refractivity contribution in [1.29, 1.82) is 0 Å². The van der Waals surface area contributed by atoms with E-state index in [0.717, 1.165) is 24.1 Å². The first-order valence-electron chi connectivity index (χ1n) is 4.59. The Hall–Kier alpha value is -1.50. The van der Waals surface area contributed by atoms with Gasteiger partial charge in [0.15, 0.2) is 0 Å². The van der Waals surface area contributed by atoms with Crippen molar-refractivity contribution in [2.45, 2.75) is 12.8 Å². The average molecular weight is 171 g/mol. The van der Waals surface area contributed by atoms with Crippen LogP contribution in [0.3, 0.4) is 0 Å². The highest BCUT2D eigenvalue weighted by Gasteiger charge is 2.03. The van der Waals surface area contributed by atoms with Crippen LogP contribution in [0.2, 0.25) is 0 Å². The van der Waals surface area contributed by atoms with Gasteiger partial charge in [0.05, 0.1) is 0 Å². The fraction of sp³-hybridized carbons (Fsp3) is 0.167. The summed E-state index contributed by atoms with van der Waals surface area (Å²) in [4.78, 5) is 0. The summed E-state index contributed by atoms with van der Waals surface area (Å²) in [5, 5.41) is 0. The summed E-state index contributed by atoms with van der Waals surface area (Å²) in [5.41, 5.74) is 9.14. The molecule has 1 nitrogen and oxygen atoms in total. The van der Waals surface area contributed by atoms with Gasteiger partial charge in [-0.2, -0.15) is 0 Å². The third kappa shape index (κ3) is 1.64. The SMILES string of the molecule is Nc1ccccc1C1=CCCC=C1. The lowest BCUT2D eigenvalue weighted by atomic mass is 9.98. The van der Waals surface area contributed by atoms with Gasteiger partial charge in [-0.1, -0.05) is 36.4 Å². The molecule has 1 aromatic rings. The Bertz CT molecular complexity index is 361. The Labute approximate surface area is 78.6 Å². The highest BCUT2D eigenvalue weighted by Crippen LogP contribution is 2.25. The van der Waals surface area contributed by atoms with Gasteiger partial charge in [0.2, 0.25) is 0 Å². The molecule has 0 radical (unpaired) electrons. The van der Waals surface area contributed by atoms with Crippen molar-refractivity contribution < 1.29 is 0 Å². The molecule has 0 heterocycles. The van der Waals surface area contributed by atoms with Crippen LogP contribution in [0.4, 0.5) is 5.69 Å². The molecule has 2 N–H and O–H groups in total. The van der Waals surface area contributed by atoms with E-state index in [1.54, 1.807) is 0 Å². The van der Waals surface area contributed by atoms with Crippen LogP contribution in [-0.4, -0.2) is 0 Å². The molecule has 0 aromatic heterocycles. The second-order valence-corrected chi connectivity index (χ2v) is 3.23. The summed E-state index contributed by atoms with van der Waals surface area (Å²) in [6, 6.07) is 8.00. The summed E-state index contributed by atoms with van der Waals surface area (Å²) >= 11 is 0. The number of nitrogens with two attached hydrogens (primary N) is 1. The van der Waals surface area contributed by atoms with Crippen molar-refractivity contribution >= 4 is 11.3 Å². The lowest BCUT2D eigenvalue weighted by Gasteiger charge is -2.09. The van der Waals surface area contributed by atoms with Crippen molar-refractivity contribution in [2.75, 3.05) is 5.73 Å². The Morgan fingerprint density at radius 1 is 1.08 bits per heavy atom. The second-order valence-electron chi connectivity index (χ2n) is 3.23. The predicted molar refractivity (Wildman–Crippen MR) is 57.2 cm³/mol. The summed E-state index contributed by atoms with van der Waals surface area (Å²) in [6.45, 7) is 0. The Morgan fingerprint density at radius 2 is 1.92 bits per heavy atom. The zero-order valence-corrected chi connectivity index (χ0v) is 7.53. The molecule has 1 aliphatic rings. The first-order valence-corrected chi connectivity index (χ1v) is 4.59. The van der Waals surface area contributed by atoms with Crippen LogP contribution in [0.25, 0.3) is 5.57 Å². The van der Waals surface area contributed by atoms with Gasteiger partial charge in [-0.25, -0.2) is 0 Å². The molecule has 0 spiro atoms. The van der Waals surface area contributed by atoms with Gasteiger partial charge >= 0.3 is 0 Å². The Balaban J connectivity index is 2.40. The Morgan fingerprint density at radius 3 is 2.62 bits per heavy atom. The van der Waals surface area contributed by atoms with Crippen molar-refractivity contribution in [3.63, 3.8) is 0 Å². The van der Waals surface area contributed by atoms with E-state index in [1.165, 1.54) is 5.57 Å². The molecule has 0 atom stereocenters. The van der Waals surface area contributed by atoms with E-state index in [0.29, 0.717) is 0 Å². The highest BCUT2D eigenvalue weighted by molar-refractivity contribution is 5.81. The largest absolute Gasteiger partial charge is 0.398 e. The minimum atomic E-state index is 0.861. The van der Waals surface area contributed by atoms with E-state index in [2.05, 4.69) is 24.3 Å². The molecule has 0 saturated heterocycles. The molecule has 1 heteroatoms. The molecule has 13 heavy (non-hydrogen) atoms. The summed E-state index contributed by atoms with van der Waals surface area (Å²) in [7, 11) is 0. The van der Waals surface area contributed by atoms with Crippen molar-refractivity contribution in [2.24, 2.45) is 0 Å². The normalized spacial score (nSPS) is 15.5. The van der Waals surface area contributed by atoms with E-state index in [-0.39, 0.29) is 0 Å². The van der Waals surface area contributed by atoms with Gasteiger partial charge in [-0.3, -0.25) is 0 Å². The molecule has 66 valence electrons. The lowest BCUT2D eigenvalue weighted by molar-refractivity contribution is 1.04. The number of allylic oxidation sites excluding steroid dienone is 4. The van der Waals surface area contributed by atoms with Crippen molar-refractivity contribution in [3.8, 4) is 0 Å². The molecule has 1 aromatic carbocycles. The van der Waals surface area contributed by atoms with Crippen LogP contribution in [-0.2, 0) is 0 Å². The number of rotatable bonds is 1. The van der Waals surface area contributed by atoms with Crippen LogP contribution in [0.15, 0.2) is 42.5 Å². The molecule has 2 rings (SSSR count). The maximum Gasteiger partial charge on any atom is 0.0393 e. The maximum atomic E-state index is 5.88. The molecular weight excluding hydrogens is 158 g/mol. The number of para-hydroxylation sites is 1. The van der Waals surface area contributed by atoms with Crippen LogP contribution < -0.4 is 5.73 Å². The molecule has 0 saturated carbocycles. The molecule has 0 amide bonds. The third-order valence-electron chi connectivity index (χ3n) is 2.27. The fourth-order valence-corrected chi connectivity index (χ4v) is 1.57. The smallest absolute Gasteiger partial charge is 0.0393 e. The van der Waals surface area contributed by atoms with Gasteiger partial charge in [0.25, 0.3) is 0 Å². The zero-order chi connectivity index (χ0) is 9.10. The van der Waals surface area contributed by atoms with Crippen LogP contribution in [0, 0.1) is 0 Å². The highest BCUT2D eigenvalue weighted by atomic mass is 14.6. The van der Waals surface area contributed by atoms with E-state index in [1.807, 2.05) is 18.2 Å². The molecule has 0 bridgehead atoms. The number of hydrogen-bond acceptors (Lipinski definition) is 1. The van der Waals surface area contributed by atoms with Crippen LogP contribution in [0.5, 0.6) is 0 Å². The third-order valence-corrected chi connectivity index (χ3v) is 2.27. The molecule has 0 fully saturated rings. The molecule has 1 aliphatic carbocycles. The van der Waals surface area contributed by atoms with E-state index in [9.17, 15) is 0 Å². The Kier molecular flexibility index (Phi) is 2.17. The van der Waals surface area contributed by atoms with E-state index >= 15 is 0 Å². The van der Waals surface area contributed by atoms with Gasteiger partial charge in [0, 0.05) is 11.3 Å². The topological polar surface area (TPSA) is 26.0 Å². The van der Waals surface area contributed by atoms with Crippen molar-refractivity contribution in [1.82, 2.24) is 0 Å². The monoisotopic (exact) mass is 171 g/mol. The molecule has 0 unspecified atom stereocenters. The van der Waals surface area contributed by atoms with E-state index in [4.69, 9.17) is 5.73 Å². The van der Waals surface area contributed by atoms with Gasteiger partial charge in [0.1, 0.15) is 0 Å². The maximum absolute atomic E-state index is 5.88. The zero-order valence-electron chi connectivity index (χ0n) is 7.53. The van der Waals surface area contributed by atoms with Crippen LogP contribution >= 0.6 is 0 Å². The number of nitrogen functional groups attached to an aromatic ring is 1. The minimum Gasteiger partial charge on any atom is -0.398 e. The standard InChI is InChI=1S/C12H13N/c13-12-9-5-4-8-11(12)10-6-2-1-3-7-10/h2,4-9H,1,3,13H2. The summed E-state index contributed by atoms with van der Waals surface area (Å²) in [6.07, 6.45) is 8.86. The fourth-order valence-electron chi connectivity index (χ4n) is 1.57. The minimum absolute atomic E-state index is 0.861. The van der Waals surface area contributed by atoms with Gasteiger partial charge in [-0.15, -0.1) is 0 Å². The number of anilines is 1. The first-order chi connectivity index (χ1) is 6.38. The number of benzene rings is 1. The van der Waals surface area contributed by atoms with Gasteiger partial charge < -0.3 is 5.73 Å². The molecule has 0 aliphatic heterocycles. The van der Waals surface area contributed by atoms with Gasteiger partial charge in [-0.05, 0) is 24.5 Å². The predicted octanol–water partition coefficient (Wildman–Crippen LogP) is 3.00. The lowest BCUT2D eigenvalue weighted by Crippen LogP contribution is -1.93. The second kappa shape index (κ2) is 3.48. The molecular formula is C12H13N. The summed E-state index contributed by atoms with van der Waals surface area (Å²) < 4.78 is 0. The first kappa shape index (κ1) is 8.11. The van der Waals surface area contributed by atoms with E-state index < -0.39 is 0 Å². The van der Waals surface area contributed by atoms with Crippen LogP contribution in [0.1, 0.15) is 18.4 Å². The number of hydrogen-bond donors (Lipinski definition) is 1. The quantitative estimate of drug-likeness (QED) is 0.646.